The van der Waals surface area contributed by atoms with Gasteiger partial charge in [-0.15, -0.1) is 0 Å². The molecule has 104 valence electrons. The Morgan fingerprint density at radius 1 is 1.20 bits per heavy atom. The second-order valence-electron chi connectivity index (χ2n) is 4.67. The number of H-pyrrole nitrogens is 1. The molecule has 0 bridgehead atoms. The van der Waals surface area contributed by atoms with Crippen LogP contribution in [0.1, 0.15) is 24.2 Å². The Balaban J connectivity index is 2.06. The molecule has 6 heteroatoms. The van der Waals surface area contributed by atoms with Gasteiger partial charge in [-0.3, -0.25) is 14.7 Å². The molecule has 0 saturated heterocycles. The molecule has 1 aromatic carbocycles. The normalized spacial score (nSPS) is 10.3. The summed E-state index contributed by atoms with van der Waals surface area (Å²) >= 11 is 0. The van der Waals surface area contributed by atoms with Crippen molar-refractivity contribution in [2.75, 3.05) is 10.6 Å². The van der Waals surface area contributed by atoms with Crippen LogP contribution in [0.4, 0.5) is 11.4 Å². The largest absolute Gasteiger partial charge is 0.326 e. The van der Waals surface area contributed by atoms with Gasteiger partial charge in [0.15, 0.2) is 0 Å². The Labute approximate surface area is 116 Å². The van der Waals surface area contributed by atoms with Crippen molar-refractivity contribution in [1.29, 1.82) is 0 Å². The average Bonchev–Trinajstić information content (AvgIpc) is 2.92. The number of benzene rings is 1. The Morgan fingerprint density at radius 3 is 2.50 bits per heavy atom. The van der Waals surface area contributed by atoms with Crippen LogP contribution in [0.25, 0.3) is 0 Å². The third-order valence-electron chi connectivity index (χ3n) is 2.67. The van der Waals surface area contributed by atoms with E-state index in [0.29, 0.717) is 16.9 Å². The summed E-state index contributed by atoms with van der Waals surface area (Å²) in [6.07, 6.45) is 2.96. The molecule has 0 spiro atoms. The molecule has 0 atom stereocenters. The summed E-state index contributed by atoms with van der Waals surface area (Å²) in [6, 6.07) is 7.00. The number of nitrogens with zero attached hydrogens (tertiary/aromatic N) is 1. The van der Waals surface area contributed by atoms with Crippen LogP contribution in [0.2, 0.25) is 0 Å². The molecule has 3 N–H and O–H groups in total. The van der Waals surface area contributed by atoms with Crippen molar-refractivity contribution in [3.8, 4) is 0 Å². The molecule has 6 nitrogen and oxygen atoms in total. The van der Waals surface area contributed by atoms with Gasteiger partial charge in [-0.25, -0.2) is 0 Å². The van der Waals surface area contributed by atoms with E-state index in [0.717, 1.165) is 0 Å². The summed E-state index contributed by atoms with van der Waals surface area (Å²) in [6.45, 7) is 3.64. The van der Waals surface area contributed by atoms with Crippen molar-refractivity contribution in [2.24, 2.45) is 5.92 Å². The lowest BCUT2D eigenvalue weighted by molar-refractivity contribution is -0.118. The number of carbonyl (C=O) groups is 2. The third kappa shape index (κ3) is 3.44. The van der Waals surface area contributed by atoms with Crippen LogP contribution in [0.5, 0.6) is 0 Å². The van der Waals surface area contributed by atoms with Crippen LogP contribution in [0.15, 0.2) is 36.7 Å². The molecular weight excluding hydrogens is 256 g/mol. The maximum atomic E-state index is 11.9. The predicted octanol–water partition coefficient (Wildman–Crippen LogP) is 2.26. The fourth-order valence-electron chi connectivity index (χ4n) is 1.54. The number of amides is 2. The van der Waals surface area contributed by atoms with Crippen LogP contribution in [-0.2, 0) is 4.79 Å². The number of rotatable bonds is 4. The van der Waals surface area contributed by atoms with E-state index >= 15 is 0 Å². The van der Waals surface area contributed by atoms with Crippen LogP contribution < -0.4 is 10.6 Å². The van der Waals surface area contributed by atoms with Crippen molar-refractivity contribution >= 4 is 23.2 Å². The fraction of sp³-hybridized carbons (Fsp3) is 0.214. The monoisotopic (exact) mass is 272 g/mol. The van der Waals surface area contributed by atoms with Gasteiger partial charge in [-0.1, -0.05) is 19.9 Å². The molecule has 0 saturated carbocycles. The van der Waals surface area contributed by atoms with Crippen molar-refractivity contribution < 1.29 is 9.59 Å². The molecule has 0 aliphatic heterocycles. The van der Waals surface area contributed by atoms with Crippen molar-refractivity contribution in [3.05, 3.63) is 42.2 Å². The zero-order chi connectivity index (χ0) is 14.5. The van der Waals surface area contributed by atoms with Crippen LogP contribution in [0.3, 0.4) is 0 Å². The van der Waals surface area contributed by atoms with E-state index in [4.69, 9.17) is 0 Å². The Morgan fingerprint density at radius 2 is 1.90 bits per heavy atom. The van der Waals surface area contributed by atoms with Crippen LogP contribution in [0, 0.1) is 5.92 Å². The van der Waals surface area contributed by atoms with Gasteiger partial charge in [0.25, 0.3) is 5.91 Å². The zero-order valence-corrected chi connectivity index (χ0v) is 11.3. The highest BCUT2D eigenvalue weighted by molar-refractivity contribution is 6.04. The molecule has 1 heterocycles. The third-order valence-corrected chi connectivity index (χ3v) is 2.67. The van der Waals surface area contributed by atoms with Gasteiger partial charge in [0.05, 0.1) is 11.8 Å². The number of anilines is 2. The van der Waals surface area contributed by atoms with E-state index in [1.54, 1.807) is 24.3 Å². The quantitative estimate of drug-likeness (QED) is 0.797. The van der Waals surface area contributed by atoms with Gasteiger partial charge in [-0.2, -0.15) is 5.10 Å². The molecule has 0 fully saturated rings. The standard InChI is InChI=1S/C14H16N4O2/c1-9(2)13(19)17-11-4-3-5-12(6-11)18-14(20)10-7-15-16-8-10/h3-9H,1-2H3,(H,15,16)(H,17,19)(H,18,20). The highest BCUT2D eigenvalue weighted by atomic mass is 16.2. The summed E-state index contributed by atoms with van der Waals surface area (Å²) in [5.41, 5.74) is 1.70. The summed E-state index contributed by atoms with van der Waals surface area (Å²) in [4.78, 5) is 23.5. The summed E-state index contributed by atoms with van der Waals surface area (Å²) in [5, 5.41) is 11.8. The van der Waals surface area contributed by atoms with Gasteiger partial charge in [0.2, 0.25) is 5.91 Å². The summed E-state index contributed by atoms with van der Waals surface area (Å²) in [5.74, 6) is -0.423. The maximum Gasteiger partial charge on any atom is 0.258 e. The minimum atomic E-state index is -0.258. The Kier molecular flexibility index (Phi) is 4.14. The average molecular weight is 272 g/mol. The number of hydrogen-bond acceptors (Lipinski definition) is 3. The van der Waals surface area contributed by atoms with Crippen LogP contribution in [-0.4, -0.2) is 22.0 Å². The lowest BCUT2D eigenvalue weighted by Crippen LogP contribution is -2.18. The van der Waals surface area contributed by atoms with Gasteiger partial charge >= 0.3 is 0 Å². The molecule has 0 radical (unpaired) electrons. The molecular formula is C14H16N4O2. The van der Waals surface area contributed by atoms with Crippen LogP contribution >= 0.6 is 0 Å². The second kappa shape index (κ2) is 6.01. The van der Waals surface area contributed by atoms with E-state index in [9.17, 15) is 9.59 Å². The Hall–Kier alpha value is -2.63. The highest BCUT2D eigenvalue weighted by Crippen LogP contribution is 2.16. The van der Waals surface area contributed by atoms with E-state index in [2.05, 4.69) is 20.8 Å². The minimum Gasteiger partial charge on any atom is -0.326 e. The second-order valence-corrected chi connectivity index (χ2v) is 4.67. The molecule has 1 aromatic heterocycles. The fourth-order valence-corrected chi connectivity index (χ4v) is 1.54. The number of hydrogen-bond donors (Lipinski definition) is 3. The lowest BCUT2D eigenvalue weighted by atomic mass is 10.2. The lowest BCUT2D eigenvalue weighted by Gasteiger charge is -2.09. The first-order chi connectivity index (χ1) is 9.56. The zero-order valence-electron chi connectivity index (χ0n) is 11.3. The van der Waals surface area contributed by atoms with Gasteiger partial charge in [-0.05, 0) is 18.2 Å². The van der Waals surface area contributed by atoms with Crippen molar-refractivity contribution in [1.82, 2.24) is 10.2 Å². The van der Waals surface area contributed by atoms with E-state index < -0.39 is 0 Å². The summed E-state index contributed by atoms with van der Waals surface area (Å²) < 4.78 is 0. The highest BCUT2D eigenvalue weighted by Gasteiger charge is 2.09. The number of aromatic nitrogens is 2. The summed E-state index contributed by atoms with van der Waals surface area (Å²) in [7, 11) is 0. The van der Waals surface area contributed by atoms with Gasteiger partial charge in [0.1, 0.15) is 0 Å². The number of aromatic amines is 1. The number of carbonyl (C=O) groups excluding carboxylic acids is 2. The first-order valence-corrected chi connectivity index (χ1v) is 6.27. The minimum absolute atomic E-state index is 0.0664. The topological polar surface area (TPSA) is 86.9 Å². The molecule has 0 aliphatic carbocycles. The Bertz CT molecular complexity index is 605. The SMILES string of the molecule is CC(C)C(=O)Nc1cccc(NC(=O)c2cn[nH]c2)c1. The van der Waals surface area contributed by atoms with E-state index in [1.807, 2.05) is 13.8 Å². The smallest absolute Gasteiger partial charge is 0.258 e. The number of nitrogens with one attached hydrogen (secondary N) is 3. The van der Waals surface area contributed by atoms with Crippen molar-refractivity contribution in [3.63, 3.8) is 0 Å². The van der Waals surface area contributed by atoms with E-state index in [1.165, 1.54) is 12.4 Å². The molecule has 2 rings (SSSR count). The van der Waals surface area contributed by atoms with E-state index in [-0.39, 0.29) is 17.7 Å². The maximum absolute atomic E-state index is 11.9. The molecule has 2 amide bonds. The first-order valence-electron chi connectivity index (χ1n) is 6.27. The molecule has 0 unspecified atom stereocenters. The molecule has 20 heavy (non-hydrogen) atoms. The molecule has 2 aromatic rings. The van der Waals surface area contributed by atoms with Gasteiger partial charge < -0.3 is 10.6 Å². The van der Waals surface area contributed by atoms with Gasteiger partial charge in [0, 0.05) is 23.5 Å². The first kappa shape index (κ1) is 13.8. The molecule has 0 aliphatic rings. The van der Waals surface area contributed by atoms with Crippen molar-refractivity contribution in [2.45, 2.75) is 13.8 Å². The predicted molar refractivity (Wildman–Crippen MR) is 76.5 cm³/mol.